The average molecular weight is 264 g/mol. The molecule has 1 aromatic rings. The molecule has 0 saturated carbocycles. The second kappa shape index (κ2) is 7.09. The molecule has 0 aromatic carbocycles. The number of aromatic nitrogens is 1. The summed E-state index contributed by atoms with van der Waals surface area (Å²) in [4.78, 5) is 6.35. The zero-order chi connectivity index (χ0) is 14.3. The molecule has 0 fully saturated rings. The van der Waals surface area contributed by atoms with Gasteiger partial charge in [0, 0.05) is 24.4 Å². The lowest BCUT2D eigenvalue weighted by molar-refractivity contribution is 0.243. The summed E-state index contributed by atoms with van der Waals surface area (Å²) in [5.74, 6) is 0.285. The summed E-state index contributed by atoms with van der Waals surface area (Å²) < 4.78 is 0. The highest BCUT2D eigenvalue weighted by Gasteiger charge is 2.24. The van der Waals surface area contributed by atoms with E-state index in [1.807, 2.05) is 38.4 Å². The van der Waals surface area contributed by atoms with E-state index < -0.39 is 0 Å². The Hall–Kier alpha value is -1.62. The van der Waals surface area contributed by atoms with E-state index in [0.717, 1.165) is 26.1 Å². The predicted octanol–water partition coefficient (Wildman–Crippen LogP) is 2.07. The van der Waals surface area contributed by atoms with Crippen LogP contribution in [0, 0.1) is 5.41 Å². The van der Waals surface area contributed by atoms with E-state index in [2.05, 4.69) is 22.0 Å². The van der Waals surface area contributed by atoms with Crippen molar-refractivity contribution in [3.05, 3.63) is 30.1 Å². The minimum absolute atomic E-state index is 0.285. The fourth-order valence-corrected chi connectivity index (χ4v) is 1.80. The molecule has 0 bridgehead atoms. The number of oxime groups is 1. The summed E-state index contributed by atoms with van der Waals surface area (Å²) in [6.07, 6.45) is 4.47. The molecule has 106 valence electrons. The average Bonchev–Trinajstić information content (AvgIpc) is 2.43. The number of amidine groups is 1. The molecule has 0 radical (unpaired) electrons. The molecule has 0 unspecified atom stereocenters. The van der Waals surface area contributed by atoms with Crippen molar-refractivity contribution in [3.63, 3.8) is 0 Å². The van der Waals surface area contributed by atoms with Gasteiger partial charge in [0.25, 0.3) is 0 Å². The van der Waals surface area contributed by atoms with E-state index in [9.17, 15) is 0 Å². The van der Waals surface area contributed by atoms with Gasteiger partial charge in [-0.2, -0.15) is 0 Å². The smallest absolute Gasteiger partial charge is 0.144 e. The Bertz CT molecular complexity index is 403. The third-order valence-electron chi connectivity index (χ3n) is 3.46. The third-order valence-corrected chi connectivity index (χ3v) is 3.46. The summed E-state index contributed by atoms with van der Waals surface area (Å²) in [6, 6.07) is 4.05. The molecular weight excluding hydrogens is 240 g/mol. The monoisotopic (exact) mass is 264 g/mol. The molecule has 0 spiro atoms. The van der Waals surface area contributed by atoms with Crippen LogP contribution in [0.3, 0.4) is 0 Å². The maximum absolute atomic E-state index is 8.77. The van der Waals surface area contributed by atoms with Crippen LogP contribution in [0.5, 0.6) is 0 Å². The van der Waals surface area contributed by atoms with Gasteiger partial charge in [-0.15, -0.1) is 0 Å². The third kappa shape index (κ3) is 4.87. The fraction of sp³-hybridized carbons (Fsp3) is 0.571. The highest BCUT2D eigenvalue weighted by Crippen LogP contribution is 2.21. The number of rotatable bonds is 7. The van der Waals surface area contributed by atoms with Crippen molar-refractivity contribution < 1.29 is 5.21 Å². The van der Waals surface area contributed by atoms with Crippen LogP contribution in [0.25, 0.3) is 0 Å². The van der Waals surface area contributed by atoms with Gasteiger partial charge in [0.15, 0.2) is 0 Å². The number of pyridine rings is 1. The van der Waals surface area contributed by atoms with E-state index in [0.29, 0.717) is 0 Å². The van der Waals surface area contributed by atoms with Crippen molar-refractivity contribution >= 4 is 5.84 Å². The highest BCUT2D eigenvalue weighted by atomic mass is 16.4. The highest BCUT2D eigenvalue weighted by molar-refractivity contribution is 5.85. The molecule has 1 aromatic heterocycles. The maximum Gasteiger partial charge on any atom is 0.144 e. The van der Waals surface area contributed by atoms with Crippen LogP contribution in [0.4, 0.5) is 0 Å². The van der Waals surface area contributed by atoms with Gasteiger partial charge in [0.05, 0.1) is 0 Å². The van der Waals surface area contributed by atoms with E-state index in [1.54, 1.807) is 0 Å². The Kier molecular flexibility index (Phi) is 5.76. The Morgan fingerprint density at radius 2 is 2.05 bits per heavy atom. The van der Waals surface area contributed by atoms with Crippen molar-refractivity contribution in [2.75, 3.05) is 13.1 Å². The second-order valence-corrected chi connectivity index (χ2v) is 5.34. The van der Waals surface area contributed by atoms with Gasteiger partial charge in [-0.1, -0.05) is 25.9 Å². The largest absolute Gasteiger partial charge is 0.409 e. The minimum atomic E-state index is -0.291. The van der Waals surface area contributed by atoms with Crippen LogP contribution in [-0.4, -0.2) is 34.0 Å². The molecule has 3 N–H and O–H groups in total. The van der Waals surface area contributed by atoms with Gasteiger partial charge in [0.2, 0.25) is 0 Å². The Morgan fingerprint density at radius 1 is 1.42 bits per heavy atom. The van der Waals surface area contributed by atoms with Gasteiger partial charge in [-0.3, -0.25) is 9.88 Å². The normalized spacial score (nSPS) is 12.9. The quantitative estimate of drug-likeness (QED) is 0.342. The standard InChI is InChI=1S/C14H24N4O/c1-4-18(11-12-5-8-16-9-6-12)10-7-14(2,3)13(15)17-19/h5-6,8-9,19H,4,7,10-11H2,1-3H3,(H2,15,17). The van der Waals surface area contributed by atoms with Crippen LogP contribution in [0.15, 0.2) is 29.7 Å². The van der Waals surface area contributed by atoms with E-state index in [-0.39, 0.29) is 11.3 Å². The van der Waals surface area contributed by atoms with Gasteiger partial charge < -0.3 is 10.9 Å². The van der Waals surface area contributed by atoms with Crippen molar-refractivity contribution in [2.45, 2.75) is 33.7 Å². The molecule has 0 aliphatic carbocycles. The Morgan fingerprint density at radius 3 is 2.58 bits per heavy atom. The summed E-state index contributed by atoms with van der Waals surface area (Å²) in [7, 11) is 0. The van der Waals surface area contributed by atoms with E-state index in [1.165, 1.54) is 5.56 Å². The summed E-state index contributed by atoms with van der Waals surface area (Å²) >= 11 is 0. The van der Waals surface area contributed by atoms with Gasteiger partial charge >= 0.3 is 0 Å². The lowest BCUT2D eigenvalue weighted by Gasteiger charge is -2.27. The second-order valence-electron chi connectivity index (χ2n) is 5.34. The van der Waals surface area contributed by atoms with E-state index >= 15 is 0 Å². The van der Waals surface area contributed by atoms with Gasteiger partial charge in [0.1, 0.15) is 5.84 Å². The number of hydrogen-bond donors (Lipinski definition) is 2. The number of nitrogens with zero attached hydrogens (tertiary/aromatic N) is 3. The van der Waals surface area contributed by atoms with Crippen LogP contribution < -0.4 is 5.73 Å². The maximum atomic E-state index is 8.77. The Balaban J connectivity index is 2.54. The molecule has 1 heterocycles. The van der Waals surface area contributed by atoms with Crippen molar-refractivity contribution in [1.82, 2.24) is 9.88 Å². The molecule has 0 aliphatic heterocycles. The topological polar surface area (TPSA) is 74.7 Å². The first-order valence-corrected chi connectivity index (χ1v) is 6.59. The zero-order valence-electron chi connectivity index (χ0n) is 12.0. The fourth-order valence-electron chi connectivity index (χ4n) is 1.80. The molecule has 1 rings (SSSR count). The van der Waals surface area contributed by atoms with Crippen LogP contribution >= 0.6 is 0 Å². The number of nitrogens with two attached hydrogens (primary N) is 1. The molecule has 19 heavy (non-hydrogen) atoms. The summed E-state index contributed by atoms with van der Waals surface area (Å²) in [5, 5.41) is 11.9. The lowest BCUT2D eigenvalue weighted by atomic mass is 9.88. The van der Waals surface area contributed by atoms with Crippen molar-refractivity contribution in [3.8, 4) is 0 Å². The molecule has 0 amide bonds. The Labute approximate surface area is 115 Å². The van der Waals surface area contributed by atoms with Crippen molar-refractivity contribution in [2.24, 2.45) is 16.3 Å². The molecule has 5 heteroatoms. The first-order valence-electron chi connectivity index (χ1n) is 6.59. The molecule has 5 nitrogen and oxygen atoms in total. The SMILES string of the molecule is CCN(CCC(C)(C)C(N)=NO)Cc1ccncc1. The zero-order valence-corrected chi connectivity index (χ0v) is 12.0. The molecule has 0 saturated heterocycles. The van der Waals surface area contributed by atoms with Crippen molar-refractivity contribution in [1.29, 1.82) is 0 Å². The van der Waals surface area contributed by atoms with Gasteiger partial charge in [-0.05, 0) is 37.2 Å². The van der Waals surface area contributed by atoms with Crippen LogP contribution in [0.1, 0.15) is 32.8 Å². The predicted molar refractivity (Wildman–Crippen MR) is 77.0 cm³/mol. The first kappa shape index (κ1) is 15.4. The molecule has 0 aliphatic rings. The lowest BCUT2D eigenvalue weighted by Crippen LogP contribution is -2.36. The van der Waals surface area contributed by atoms with Crippen LogP contribution in [0.2, 0.25) is 0 Å². The van der Waals surface area contributed by atoms with Crippen LogP contribution in [-0.2, 0) is 6.54 Å². The van der Waals surface area contributed by atoms with Gasteiger partial charge in [-0.25, -0.2) is 0 Å². The molecular formula is C14H24N4O. The molecule has 0 atom stereocenters. The minimum Gasteiger partial charge on any atom is -0.409 e. The first-order chi connectivity index (χ1) is 8.99. The van der Waals surface area contributed by atoms with E-state index in [4.69, 9.17) is 10.9 Å². The summed E-state index contributed by atoms with van der Waals surface area (Å²) in [6.45, 7) is 8.88. The summed E-state index contributed by atoms with van der Waals surface area (Å²) in [5.41, 5.74) is 6.66. The number of hydrogen-bond acceptors (Lipinski definition) is 4.